The fraction of sp³-hybridized carbons (Fsp3) is 0.520. The van der Waals surface area contributed by atoms with Crippen molar-refractivity contribution in [3.05, 3.63) is 53.8 Å². The van der Waals surface area contributed by atoms with E-state index in [0.29, 0.717) is 0 Å². The summed E-state index contributed by atoms with van der Waals surface area (Å²) in [5.74, 6) is -0.0271. The third kappa shape index (κ3) is 7.74. The quantitative estimate of drug-likeness (QED) is 0.325. The SMILES string of the molecule is CCCCCCCCCCCCc1ccc(-c2ccc(OC)c(F)c2)cc1. The highest BCUT2D eigenvalue weighted by Crippen LogP contribution is 2.26. The molecule has 0 unspecified atom stereocenters. The maximum atomic E-state index is 13.9. The van der Waals surface area contributed by atoms with Gasteiger partial charge in [-0.15, -0.1) is 0 Å². The molecule has 2 heteroatoms. The second-order valence-electron chi connectivity index (χ2n) is 7.48. The molecule has 0 aliphatic heterocycles. The number of hydrogen-bond donors (Lipinski definition) is 0. The Morgan fingerprint density at radius 1 is 0.704 bits per heavy atom. The summed E-state index contributed by atoms with van der Waals surface area (Å²) in [5, 5.41) is 0. The third-order valence-electron chi connectivity index (χ3n) is 5.26. The van der Waals surface area contributed by atoms with E-state index in [1.807, 2.05) is 6.07 Å². The number of halogens is 1. The van der Waals surface area contributed by atoms with Crippen LogP contribution in [0.5, 0.6) is 5.75 Å². The zero-order chi connectivity index (χ0) is 19.3. The molecule has 0 N–H and O–H groups in total. The predicted molar refractivity (Wildman–Crippen MR) is 114 cm³/mol. The number of aryl methyl sites for hydroxylation is 1. The average Bonchev–Trinajstić information content (AvgIpc) is 2.70. The normalized spacial score (nSPS) is 10.9. The fourth-order valence-electron chi connectivity index (χ4n) is 3.53. The number of hydrogen-bond acceptors (Lipinski definition) is 1. The van der Waals surface area contributed by atoms with Gasteiger partial charge >= 0.3 is 0 Å². The predicted octanol–water partition coefficient (Wildman–Crippen LogP) is 7.96. The monoisotopic (exact) mass is 370 g/mol. The lowest BCUT2D eigenvalue weighted by molar-refractivity contribution is 0.386. The van der Waals surface area contributed by atoms with Crippen LogP contribution in [0.4, 0.5) is 4.39 Å². The lowest BCUT2D eigenvalue weighted by Gasteiger charge is -2.07. The van der Waals surface area contributed by atoms with Gasteiger partial charge in [-0.1, -0.05) is 95.0 Å². The number of benzene rings is 2. The van der Waals surface area contributed by atoms with Crippen molar-refractivity contribution in [1.82, 2.24) is 0 Å². The number of unbranched alkanes of at least 4 members (excludes halogenated alkanes) is 9. The van der Waals surface area contributed by atoms with Gasteiger partial charge < -0.3 is 4.74 Å². The topological polar surface area (TPSA) is 9.23 Å². The molecule has 0 bridgehead atoms. The van der Waals surface area contributed by atoms with Crippen LogP contribution in [0, 0.1) is 5.82 Å². The molecule has 0 aliphatic rings. The van der Waals surface area contributed by atoms with Crippen molar-refractivity contribution in [2.45, 2.75) is 77.6 Å². The smallest absolute Gasteiger partial charge is 0.165 e. The first kappa shape index (κ1) is 21.5. The van der Waals surface area contributed by atoms with Crippen LogP contribution >= 0.6 is 0 Å². The van der Waals surface area contributed by atoms with Gasteiger partial charge in [0.2, 0.25) is 0 Å². The minimum Gasteiger partial charge on any atom is -0.494 e. The van der Waals surface area contributed by atoms with Crippen LogP contribution < -0.4 is 4.74 Å². The molecule has 0 atom stereocenters. The van der Waals surface area contributed by atoms with E-state index in [0.717, 1.165) is 17.5 Å². The molecule has 0 amide bonds. The van der Waals surface area contributed by atoms with Crippen LogP contribution in [0.15, 0.2) is 42.5 Å². The average molecular weight is 371 g/mol. The molecule has 27 heavy (non-hydrogen) atoms. The Morgan fingerprint density at radius 2 is 1.26 bits per heavy atom. The Bertz CT molecular complexity index is 648. The molecule has 0 saturated carbocycles. The molecule has 0 saturated heterocycles. The molecule has 0 heterocycles. The van der Waals surface area contributed by atoms with Gasteiger partial charge in [-0.25, -0.2) is 4.39 Å². The van der Waals surface area contributed by atoms with Gasteiger partial charge in [-0.05, 0) is 41.7 Å². The molecular formula is C25H35FO. The second kappa shape index (κ2) is 12.5. The Labute approximate surface area is 165 Å². The maximum absolute atomic E-state index is 13.9. The molecule has 148 valence electrons. The summed E-state index contributed by atoms with van der Waals surface area (Å²) >= 11 is 0. The lowest BCUT2D eigenvalue weighted by atomic mass is 10.0. The van der Waals surface area contributed by atoms with Crippen LogP contribution in [0.1, 0.15) is 76.7 Å². The molecule has 0 aliphatic carbocycles. The summed E-state index contributed by atoms with van der Waals surface area (Å²) < 4.78 is 18.8. The highest BCUT2D eigenvalue weighted by atomic mass is 19.1. The van der Waals surface area contributed by atoms with Crippen LogP contribution in [-0.4, -0.2) is 7.11 Å². The van der Waals surface area contributed by atoms with E-state index >= 15 is 0 Å². The first-order valence-electron chi connectivity index (χ1n) is 10.7. The van der Waals surface area contributed by atoms with Gasteiger partial charge in [0.15, 0.2) is 11.6 Å². The largest absolute Gasteiger partial charge is 0.494 e. The molecular weight excluding hydrogens is 335 g/mol. The van der Waals surface area contributed by atoms with E-state index in [-0.39, 0.29) is 11.6 Å². The second-order valence-corrected chi connectivity index (χ2v) is 7.48. The highest BCUT2D eigenvalue weighted by molar-refractivity contribution is 5.64. The van der Waals surface area contributed by atoms with E-state index < -0.39 is 0 Å². The Kier molecular flexibility index (Phi) is 9.97. The molecule has 0 spiro atoms. The zero-order valence-electron chi connectivity index (χ0n) is 17.1. The van der Waals surface area contributed by atoms with Crippen molar-refractivity contribution in [2.24, 2.45) is 0 Å². The van der Waals surface area contributed by atoms with E-state index in [1.165, 1.54) is 82.9 Å². The van der Waals surface area contributed by atoms with Crippen molar-refractivity contribution >= 4 is 0 Å². The van der Waals surface area contributed by atoms with Gasteiger partial charge in [-0.3, -0.25) is 0 Å². The number of ether oxygens (including phenoxy) is 1. The van der Waals surface area contributed by atoms with Crippen molar-refractivity contribution < 1.29 is 9.13 Å². The van der Waals surface area contributed by atoms with Gasteiger partial charge in [0.25, 0.3) is 0 Å². The first-order chi connectivity index (χ1) is 13.2. The molecule has 0 fully saturated rings. The van der Waals surface area contributed by atoms with Gasteiger partial charge in [0.05, 0.1) is 7.11 Å². The van der Waals surface area contributed by atoms with Crippen LogP contribution in [0.2, 0.25) is 0 Å². The van der Waals surface area contributed by atoms with E-state index in [1.54, 1.807) is 6.07 Å². The summed E-state index contributed by atoms with van der Waals surface area (Å²) in [6.45, 7) is 2.27. The summed E-state index contributed by atoms with van der Waals surface area (Å²) in [6.07, 6.45) is 14.8. The Balaban J connectivity index is 1.65. The van der Waals surface area contributed by atoms with Gasteiger partial charge in [0.1, 0.15) is 0 Å². The standard InChI is InChI=1S/C25H35FO/c1-3-4-5-6-7-8-9-10-11-12-13-21-14-16-22(17-15-21)23-18-19-25(27-2)24(26)20-23/h14-20H,3-13H2,1-2H3. The van der Waals surface area contributed by atoms with Crippen molar-refractivity contribution in [1.29, 1.82) is 0 Å². The maximum Gasteiger partial charge on any atom is 0.165 e. The fourth-order valence-corrected chi connectivity index (χ4v) is 3.53. The number of rotatable bonds is 13. The van der Waals surface area contributed by atoms with Crippen LogP contribution in [-0.2, 0) is 6.42 Å². The van der Waals surface area contributed by atoms with E-state index in [4.69, 9.17) is 4.74 Å². The minimum absolute atomic E-state index is 0.288. The summed E-state index contributed by atoms with van der Waals surface area (Å²) in [7, 11) is 1.49. The van der Waals surface area contributed by atoms with E-state index in [2.05, 4.69) is 31.2 Å². The zero-order valence-corrected chi connectivity index (χ0v) is 17.1. The Hall–Kier alpha value is -1.83. The van der Waals surface area contributed by atoms with Crippen LogP contribution in [0.25, 0.3) is 11.1 Å². The van der Waals surface area contributed by atoms with E-state index in [9.17, 15) is 4.39 Å². The molecule has 2 rings (SSSR count). The molecule has 2 aromatic carbocycles. The van der Waals surface area contributed by atoms with Crippen molar-refractivity contribution in [3.63, 3.8) is 0 Å². The van der Waals surface area contributed by atoms with Gasteiger partial charge in [-0.2, -0.15) is 0 Å². The van der Waals surface area contributed by atoms with Crippen molar-refractivity contribution in [3.8, 4) is 16.9 Å². The molecule has 0 aromatic heterocycles. The molecule has 0 radical (unpaired) electrons. The molecule has 1 nitrogen and oxygen atoms in total. The summed E-state index contributed by atoms with van der Waals surface area (Å²) in [5.41, 5.74) is 3.30. The minimum atomic E-state index is -0.315. The van der Waals surface area contributed by atoms with Crippen molar-refractivity contribution in [2.75, 3.05) is 7.11 Å². The molecule has 2 aromatic rings. The first-order valence-corrected chi connectivity index (χ1v) is 10.7. The third-order valence-corrected chi connectivity index (χ3v) is 5.26. The lowest BCUT2D eigenvalue weighted by Crippen LogP contribution is -1.90. The Morgan fingerprint density at radius 3 is 1.81 bits per heavy atom. The van der Waals surface area contributed by atoms with Crippen LogP contribution in [0.3, 0.4) is 0 Å². The van der Waals surface area contributed by atoms with Gasteiger partial charge in [0, 0.05) is 0 Å². The summed E-state index contributed by atoms with van der Waals surface area (Å²) in [6, 6.07) is 13.6. The highest BCUT2D eigenvalue weighted by Gasteiger charge is 2.05. The summed E-state index contributed by atoms with van der Waals surface area (Å²) in [4.78, 5) is 0. The number of methoxy groups -OCH3 is 1.